The monoisotopic (exact) mass is 191 g/mol. The molecule has 4 N–H and O–H groups in total. The first-order valence-corrected chi connectivity index (χ1v) is 5.00. The van der Waals surface area contributed by atoms with Crippen LogP contribution in [-0.4, -0.2) is 19.3 Å². The molecule has 3 nitrogen and oxygen atoms in total. The zero-order chi connectivity index (χ0) is 10.0. The van der Waals surface area contributed by atoms with E-state index in [9.17, 15) is 0 Å². The molecular formula is C11H17N3. The molecule has 1 aromatic rings. The lowest BCUT2D eigenvalue weighted by Gasteiger charge is -2.39. The summed E-state index contributed by atoms with van der Waals surface area (Å²) in [4.78, 5) is 0. The molecule has 2 atom stereocenters. The molecule has 0 spiro atoms. The number of nitrogens with one attached hydrogen (secondary N) is 2. The van der Waals surface area contributed by atoms with E-state index in [0.717, 1.165) is 13.1 Å². The van der Waals surface area contributed by atoms with Crippen molar-refractivity contribution in [3.8, 4) is 0 Å². The molecular weight excluding hydrogens is 174 g/mol. The van der Waals surface area contributed by atoms with Gasteiger partial charge in [0.25, 0.3) is 0 Å². The Morgan fingerprint density at radius 2 is 2.07 bits per heavy atom. The summed E-state index contributed by atoms with van der Waals surface area (Å²) >= 11 is 0. The molecule has 14 heavy (non-hydrogen) atoms. The van der Waals surface area contributed by atoms with Crippen LogP contribution in [0.4, 0.5) is 0 Å². The van der Waals surface area contributed by atoms with Crippen molar-refractivity contribution in [3.05, 3.63) is 35.9 Å². The highest BCUT2D eigenvalue weighted by Crippen LogP contribution is 2.21. The zero-order valence-electron chi connectivity index (χ0n) is 8.46. The van der Waals surface area contributed by atoms with Crippen LogP contribution in [-0.2, 0) is 5.54 Å². The molecule has 1 aliphatic heterocycles. The Morgan fingerprint density at radius 1 is 1.36 bits per heavy atom. The summed E-state index contributed by atoms with van der Waals surface area (Å²) in [6.45, 7) is 3.93. The lowest BCUT2D eigenvalue weighted by atomic mass is 9.90. The molecule has 1 heterocycles. The molecule has 1 aliphatic rings. The number of hydrogen-bond donors (Lipinski definition) is 3. The molecule has 0 radical (unpaired) electrons. The minimum atomic E-state index is -0.0427. The first-order valence-electron chi connectivity index (χ1n) is 5.00. The second-order valence-corrected chi connectivity index (χ2v) is 4.08. The number of benzene rings is 1. The Hall–Kier alpha value is -0.900. The van der Waals surface area contributed by atoms with E-state index in [-0.39, 0.29) is 11.7 Å². The molecule has 0 aromatic heterocycles. The second-order valence-electron chi connectivity index (χ2n) is 4.08. The number of hydrogen-bond acceptors (Lipinski definition) is 3. The van der Waals surface area contributed by atoms with Gasteiger partial charge in [0.2, 0.25) is 0 Å². The minimum Gasteiger partial charge on any atom is -0.315 e. The fourth-order valence-corrected chi connectivity index (χ4v) is 1.98. The van der Waals surface area contributed by atoms with Gasteiger partial charge in [0.1, 0.15) is 0 Å². The second kappa shape index (κ2) is 3.69. The standard InChI is InChI=1S/C11H17N3/c1-11(8-13-7-10(12)14-11)9-5-3-2-4-6-9/h2-6,10,13-14H,7-8,12H2,1H3. The van der Waals surface area contributed by atoms with Gasteiger partial charge < -0.3 is 11.1 Å². The van der Waals surface area contributed by atoms with E-state index in [4.69, 9.17) is 5.73 Å². The van der Waals surface area contributed by atoms with Crippen LogP contribution >= 0.6 is 0 Å². The van der Waals surface area contributed by atoms with Crippen LogP contribution in [0.1, 0.15) is 12.5 Å². The van der Waals surface area contributed by atoms with Gasteiger partial charge in [-0.15, -0.1) is 0 Å². The zero-order valence-corrected chi connectivity index (χ0v) is 8.46. The molecule has 1 fully saturated rings. The van der Waals surface area contributed by atoms with Gasteiger partial charge in [-0.25, -0.2) is 0 Å². The fourth-order valence-electron chi connectivity index (χ4n) is 1.98. The van der Waals surface area contributed by atoms with Crippen LogP contribution in [0, 0.1) is 0 Å². The van der Waals surface area contributed by atoms with Gasteiger partial charge >= 0.3 is 0 Å². The molecule has 0 bridgehead atoms. The van der Waals surface area contributed by atoms with Crippen molar-refractivity contribution >= 4 is 0 Å². The molecule has 76 valence electrons. The Balaban J connectivity index is 2.23. The summed E-state index contributed by atoms with van der Waals surface area (Å²) in [5, 5.41) is 6.76. The Labute approximate surface area is 84.7 Å². The SMILES string of the molecule is CC1(c2ccccc2)CNCC(N)N1. The van der Waals surface area contributed by atoms with Crippen molar-refractivity contribution in [2.45, 2.75) is 18.6 Å². The van der Waals surface area contributed by atoms with Crippen molar-refractivity contribution in [1.82, 2.24) is 10.6 Å². The first-order chi connectivity index (χ1) is 6.71. The van der Waals surface area contributed by atoms with Gasteiger partial charge in [-0.1, -0.05) is 30.3 Å². The maximum Gasteiger partial charge on any atom is 0.0682 e. The van der Waals surface area contributed by atoms with E-state index in [1.165, 1.54) is 5.56 Å². The van der Waals surface area contributed by atoms with E-state index < -0.39 is 0 Å². The molecule has 2 rings (SSSR count). The van der Waals surface area contributed by atoms with Crippen molar-refractivity contribution in [2.24, 2.45) is 5.73 Å². The lowest BCUT2D eigenvalue weighted by Crippen LogP contribution is -2.63. The van der Waals surface area contributed by atoms with Gasteiger partial charge in [0.05, 0.1) is 11.7 Å². The minimum absolute atomic E-state index is 0.0361. The molecule has 0 aliphatic carbocycles. The maximum absolute atomic E-state index is 5.87. The van der Waals surface area contributed by atoms with E-state index in [2.05, 4.69) is 41.8 Å². The maximum atomic E-state index is 5.87. The van der Waals surface area contributed by atoms with Gasteiger partial charge in [-0.2, -0.15) is 0 Å². The molecule has 1 aromatic carbocycles. The van der Waals surface area contributed by atoms with E-state index in [1.54, 1.807) is 0 Å². The Morgan fingerprint density at radius 3 is 2.71 bits per heavy atom. The molecule has 0 amide bonds. The van der Waals surface area contributed by atoms with Crippen LogP contribution in [0.3, 0.4) is 0 Å². The van der Waals surface area contributed by atoms with Gasteiger partial charge in [0.15, 0.2) is 0 Å². The van der Waals surface area contributed by atoms with Crippen molar-refractivity contribution in [2.75, 3.05) is 13.1 Å². The summed E-state index contributed by atoms with van der Waals surface area (Å²) in [6, 6.07) is 10.4. The van der Waals surface area contributed by atoms with Crippen LogP contribution in [0.25, 0.3) is 0 Å². The Kier molecular flexibility index (Phi) is 2.54. The van der Waals surface area contributed by atoms with Gasteiger partial charge in [-0.3, -0.25) is 5.32 Å². The highest BCUT2D eigenvalue weighted by molar-refractivity contribution is 5.25. The summed E-state index contributed by atoms with van der Waals surface area (Å²) in [6.07, 6.45) is 0.0361. The van der Waals surface area contributed by atoms with E-state index in [1.807, 2.05) is 6.07 Å². The highest BCUT2D eigenvalue weighted by Gasteiger charge is 2.30. The summed E-state index contributed by atoms with van der Waals surface area (Å²) in [5.41, 5.74) is 7.11. The summed E-state index contributed by atoms with van der Waals surface area (Å²) < 4.78 is 0. The van der Waals surface area contributed by atoms with Crippen LogP contribution in [0.2, 0.25) is 0 Å². The fraction of sp³-hybridized carbons (Fsp3) is 0.455. The molecule has 3 heteroatoms. The van der Waals surface area contributed by atoms with Crippen molar-refractivity contribution in [3.63, 3.8) is 0 Å². The smallest absolute Gasteiger partial charge is 0.0682 e. The lowest BCUT2D eigenvalue weighted by molar-refractivity contribution is 0.248. The molecule has 2 unspecified atom stereocenters. The van der Waals surface area contributed by atoms with E-state index >= 15 is 0 Å². The average Bonchev–Trinajstić information content (AvgIpc) is 2.19. The first kappa shape index (κ1) is 9.65. The largest absolute Gasteiger partial charge is 0.315 e. The Bertz CT molecular complexity index is 299. The van der Waals surface area contributed by atoms with E-state index in [0.29, 0.717) is 0 Å². The average molecular weight is 191 g/mol. The van der Waals surface area contributed by atoms with Gasteiger partial charge in [-0.05, 0) is 12.5 Å². The predicted molar refractivity (Wildman–Crippen MR) is 57.8 cm³/mol. The number of piperazine rings is 1. The quantitative estimate of drug-likeness (QED) is 0.601. The van der Waals surface area contributed by atoms with Crippen LogP contribution in [0.5, 0.6) is 0 Å². The third-order valence-electron chi connectivity index (χ3n) is 2.76. The third kappa shape index (κ3) is 1.80. The van der Waals surface area contributed by atoms with Crippen LogP contribution < -0.4 is 16.4 Å². The van der Waals surface area contributed by atoms with Crippen LogP contribution in [0.15, 0.2) is 30.3 Å². The summed E-state index contributed by atoms with van der Waals surface area (Å²) in [7, 11) is 0. The number of nitrogens with two attached hydrogens (primary N) is 1. The normalized spacial score (nSPS) is 32.9. The van der Waals surface area contributed by atoms with Crippen molar-refractivity contribution in [1.29, 1.82) is 0 Å². The molecule has 1 saturated heterocycles. The summed E-state index contributed by atoms with van der Waals surface area (Å²) in [5.74, 6) is 0. The third-order valence-corrected chi connectivity index (χ3v) is 2.76. The molecule has 0 saturated carbocycles. The highest BCUT2D eigenvalue weighted by atomic mass is 15.2. The predicted octanol–water partition coefficient (Wildman–Crippen LogP) is 0.379. The van der Waals surface area contributed by atoms with Crippen molar-refractivity contribution < 1.29 is 0 Å². The number of rotatable bonds is 1. The topological polar surface area (TPSA) is 50.1 Å². The van der Waals surface area contributed by atoms with Gasteiger partial charge in [0, 0.05) is 13.1 Å².